The topological polar surface area (TPSA) is 63.6 Å². The van der Waals surface area contributed by atoms with Crippen LogP contribution in [0.5, 0.6) is 5.75 Å². The summed E-state index contributed by atoms with van der Waals surface area (Å²) in [7, 11) is 0. The van der Waals surface area contributed by atoms with Crippen LogP contribution in [-0.4, -0.2) is 23.5 Å². The fourth-order valence-corrected chi connectivity index (χ4v) is 1.66. The Morgan fingerprint density at radius 3 is 2.65 bits per heavy atom. The van der Waals surface area contributed by atoms with Gasteiger partial charge in [0.15, 0.2) is 5.78 Å². The van der Waals surface area contributed by atoms with E-state index in [-0.39, 0.29) is 5.78 Å². The number of carboxylic acid groups (broad SMARTS) is 1. The molecule has 1 aromatic rings. The monoisotopic (exact) mass is 298 g/mol. The Balaban J connectivity index is 2.89. The summed E-state index contributed by atoms with van der Waals surface area (Å²) in [6, 6.07) is 4.85. The highest BCUT2D eigenvalue weighted by atomic mass is 79.9. The second kappa shape index (κ2) is 6.20. The predicted octanol–water partition coefficient (Wildman–Crippen LogP) is 2.67. The summed E-state index contributed by atoms with van der Waals surface area (Å²) in [5.74, 6) is -0.870. The molecule has 1 aromatic carbocycles. The molecule has 4 nitrogen and oxygen atoms in total. The van der Waals surface area contributed by atoms with Crippen LogP contribution in [0.3, 0.4) is 0 Å². The number of hydrogen-bond acceptors (Lipinski definition) is 3. The quantitative estimate of drug-likeness (QED) is 0.670. The number of aliphatic carboxylic acids is 1. The molecule has 5 heteroatoms. The summed E-state index contributed by atoms with van der Waals surface area (Å²) in [6.45, 7) is 2.39. The summed E-state index contributed by atoms with van der Waals surface area (Å²) < 4.78 is 5.96. The first-order valence-electron chi connectivity index (χ1n) is 4.92. The largest absolute Gasteiger partial charge is 0.493 e. The highest BCUT2D eigenvalue weighted by Crippen LogP contribution is 2.26. The van der Waals surface area contributed by atoms with Gasteiger partial charge in [0.1, 0.15) is 5.75 Å². The van der Waals surface area contributed by atoms with Crippen molar-refractivity contribution in [2.45, 2.75) is 6.92 Å². The molecule has 0 atom stereocenters. The van der Waals surface area contributed by atoms with Crippen molar-refractivity contribution in [3.8, 4) is 5.75 Å². The van der Waals surface area contributed by atoms with E-state index in [1.54, 1.807) is 18.2 Å². The molecule has 17 heavy (non-hydrogen) atoms. The maximum atomic E-state index is 11.6. The van der Waals surface area contributed by atoms with Crippen LogP contribution >= 0.6 is 15.9 Å². The molecule has 0 unspecified atom stereocenters. The lowest BCUT2D eigenvalue weighted by molar-refractivity contribution is -0.131. The smallest absolute Gasteiger partial charge is 0.328 e. The van der Waals surface area contributed by atoms with Crippen molar-refractivity contribution in [3.63, 3.8) is 0 Å². The van der Waals surface area contributed by atoms with Gasteiger partial charge in [0.05, 0.1) is 11.1 Å². The molecule has 0 aliphatic rings. The molecule has 90 valence electrons. The number of halogens is 1. The molecule has 0 heterocycles. The summed E-state index contributed by atoms with van der Waals surface area (Å²) in [6.07, 6.45) is 1.83. The third-order valence-corrected chi connectivity index (χ3v) is 2.51. The van der Waals surface area contributed by atoms with Gasteiger partial charge in [-0.2, -0.15) is 0 Å². The van der Waals surface area contributed by atoms with Gasteiger partial charge in [-0.3, -0.25) is 4.79 Å². The van der Waals surface area contributed by atoms with Gasteiger partial charge < -0.3 is 9.84 Å². The van der Waals surface area contributed by atoms with E-state index in [9.17, 15) is 9.59 Å². The van der Waals surface area contributed by atoms with Crippen LogP contribution in [0.15, 0.2) is 34.8 Å². The Bertz CT molecular complexity index is 466. The number of carbonyl (C=O) groups is 2. The summed E-state index contributed by atoms with van der Waals surface area (Å²) in [4.78, 5) is 21.8. The maximum absolute atomic E-state index is 11.6. The van der Waals surface area contributed by atoms with Crippen molar-refractivity contribution in [2.24, 2.45) is 0 Å². The zero-order chi connectivity index (χ0) is 12.8. The number of ether oxygens (including phenoxy) is 1. The molecule has 0 bridgehead atoms. The maximum Gasteiger partial charge on any atom is 0.328 e. The molecule has 1 rings (SSSR count). The van der Waals surface area contributed by atoms with Crippen LogP contribution in [0.4, 0.5) is 0 Å². The second-order valence-corrected chi connectivity index (χ2v) is 3.97. The molecule has 0 amide bonds. The third-order valence-electron chi connectivity index (χ3n) is 1.89. The number of carboxylic acids is 1. The Hall–Kier alpha value is -1.62. The minimum atomic E-state index is -1.15. The molecule has 0 spiro atoms. The molecule has 0 aromatic heterocycles. The van der Waals surface area contributed by atoms with Crippen LogP contribution in [-0.2, 0) is 4.79 Å². The number of benzene rings is 1. The first-order valence-corrected chi connectivity index (χ1v) is 5.71. The van der Waals surface area contributed by atoms with Crippen molar-refractivity contribution in [1.82, 2.24) is 0 Å². The highest BCUT2D eigenvalue weighted by molar-refractivity contribution is 9.10. The van der Waals surface area contributed by atoms with Crippen LogP contribution < -0.4 is 4.74 Å². The lowest BCUT2D eigenvalue weighted by Gasteiger charge is -2.06. The van der Waals surface area contributed by atoms with Crippen LogP contribution in [0, 0.1) is 0 Å². The lowest BCUT2D eigenvalue weighted by atomic mass is 10.1. The first-order chi connectivity index (χ1) is 8.04. The van der Waals surface area contributed by atoms with Gasteiger partial charge in [-0.05, 0) is 47.1 Å². The van der Waals surface area contributed by atoms with E-state index in [1.807, 2.05) is 6.92 Å². The van der Waals surface area contributed by atoms with Gasteiger partial charge in [0.2, 0.25) is 0 Å². The summed E-state index contributed by atoms with van der Waals surface area (Å²) >= 11 is 3.28. The minimum absolute atomic E-state index is 0.365. The van der Waals surface area contributed by atoms with Crippen LogP contribution in [0.1, 0.15) is 17.3 Å². The van der Waals surface area contributed by atoms with Gasteiger partial charge >= 0.3 is 5.97 Å². The standard InChI is InChI=1S/C12H11BrO4/c1-2-17-11-5-3-8(7-9(11)13)10(14)4-6-12(15)16/h3-7H,2H2,1H3,(H,15,16)/b6-4+. The van der Waals surface area contributed by atoms with Crippen molar-refractivity contribution < 1.29 is 19.4 Å². The van der Waals surface area contributed by atoms with E-state index < -0.39 is 5.97 Å². The average Bonchev–Trinajstić information content (AvgIpc) is 2.28. The van der Waals surface area contributed by atoms with E-state index in [4.69, 9.17) is 9.84 Å². The second-order valence-electron chi connectivity index (χ2n) is 3.11. The normalized spacial score (nSPS) is 10.5. The molecular weight excluding hydrogens is 288 g/mol. The number of rotatable bonds is 5. The number of hydrogen-bond donors (Lipinski definition) is 1. The fourth-order valence-electron chi connectivity index (χ4n) is 1.17. The van der Waals surface area contributed by atoms with E-state index in [2.05, 4.69) is 15.9 Å². The number of carbonyl (C=O) groups excluding carboxylic acids is 1. The van der Waals surface area contributed by atoms with Gasteiger partial charge in [0, 0.05) is 11.6 Å². The van der Waals surface area contributed by atoms with Crippen LogP contribution in [0.2, 0.25) is 0 Å². The van der Waals surface area contributed by atoms with Crippen molar-refractivity contribution in [2.75, 3.05) is 6.61 Å². The lowest BCUT2D eigenvalue weighted by Crippen LogP contribution is -1.98. The van der Waals surface area contributed by atoms with E-state index >= 15 is 0 Å². The van der Waals surface area contributed by atoms with Crippen molar-refractivity contribution in [3.05, 3.63) is 40.4 Å². The average molecular weight is 299 g/mol. The Labute approximate surface area is 107 Å². The molecule has 0 fully saturated rings. The highest BCUT2D eigenvalue weighted by Gasteiger charge is 2.07. The summed E-state index contributed by atoms with van der Waals surface area (Å²) in [5.41, 5.74) is 0.401. The van der Waals surface area contributed by atoms with Gasteiger partial charge in [-0.1, -0.05) is 0 Å². The molecule has 1 N–H and O–H groups in total. The number of allylic oxidation sites excluding steroid dienone is 1. The molecule has 0 aliphatic carbocycles. The molecule has 0 radical (unpaired) electrons. The Morgan fingerprint density at radius 1 is 1.41 bits per heavy atom. The zero-order valence-corrected chi connectivity index (χ0v) is 10.7. The third kappa shape index (κ3) is 4.03. The molecule has 0 aliphatic heterocycles. The predicted molar refractivity (Wildman–Crippen MR) is 66.4 cm³/mol. The van der Waals surface area contributed by atoms with Gasteiger partial charge in [0.25, 0.3) is 0 Å². The van der Waals surface area contributed by atoms with E-state index in [1.165, 1.54) is 0 Å². The van der Waals surface area contributed by atoms with Crippen molar-refractivity contribution >= 4 is 27.7 Å². The van der Waals surface area contributed by atoms with Gasteiger partial charge in [-0.15, -0.1) is 0 Å². The Morgan fingerprint density at radius 2 is 2.12 bits per heavy atom. The number of ketones is 1. The van der Waals surface area contributed by atoms with Gasteiger partial charge in [-0.25, -0.2) is 4.79 Å². The Kier molecular flexibility index (Phi) is 4.90. The molecule has 0 saturated carbocycles. The first kappa shape index (κ1) is 13.4. The van der Waals surface area contributed by atoms with E-state index in [0.29, 0.717) is 22.4 Å². The zero-order valence-electron chi connectivity index (χ0n) is 9.14. The summed E-state index contributed by atoms with van der Waals surface area (Å²) in [5, 5.41) is 8.41. The van der Waals surface area contributed by atoms with E-state index in [0.717, 1.165) is 12.2 Å². The van der Waals surface area contributed by atoms with Crippen molar-refractivity contribution in [1.29, 1.82) is 0 Å². The fraction of sp³-hybridized carbons (Fsp3) is 0.167. The molecule has 0 saturated heterocycles. The minimum Gasteiger partial charge on any atom is -0.493 e. The van der Waals surface area contributed by atoms with Crippen LogP contribution in [0.25, 0.3) is 0 Å². The SMILES string of the molecule is CCOc1ccc(C(=O)/C=C/C(=O)O)cc1Br. The molecular formula is C12H11BrO4.